The number of piperidine rings is 1. The standard InChI is InChI=1S/C10H20N2OS/c1-2-14-8-10(13)12-7-9-4-3-5-11-6-9/h9,11H,2-8H2,1H3,(H,12,13). The van der Waals surface area contributed by atoms with Crippen LogP contribution in [0.5, 0.6) is 0 Å². The molecule has 82 valence electrons. The second kappa shape index (κ2) is 7.12. The fourth-order valence-electron chi connectivity index (χ4n) is 1.60. The Morgan fingerprint density at radius 3 is 3.14 bits per heavy atom. The van der Waals surface area contributed by atoms with Gasteiger partial charge < -0.3 is 10.6 Å². The minimum absolute atomic E-state index is 0.183. The van der Waals surface area contributed by atoms with Gasteiger partial charge in [0.2, 0.25) is 5.91 Å². The minimum Gasteiger partial charge on any atom is -0.355 e. The average Bonchev–Trinajstić information content (AvgIpc) is 2.25. The van der Waals surface area contributed by atoms with Gasteiger partial charge in [-0.05, 0) is 37.6 Å². The van der Waals surface area contributed by atoms with Crippen molar-refractivity contribution >= 4 is 17.7 Å². The van der Waals surface area contributed by atoms with E-state index in [0.717, 1.165) is 25.4 Å². The van der Waals surface area contributed by atoms with Crippen LogP contribution in [0.4, 0.5) is 0 Å². The lowest BCUT2D eigenvalue weighted by Crippen LogP contribution is -2.38. The molecule has 0 aromatic rings. The van der Waals surface area contributed by atoms with E-state index in [4.69, 9.17) is 0 Å². The Morgan fingerprint density at radius 2 is 2.50 bits per heavy atom. The normalized spacial score (nSPS) is 21.9. The van der Waals surface area contributed by atoms with E-state index in [1.165, 1.54) is 12.8 Å². The van der Waals surface area contributed by atoms with E-state index in [9.17, 15) is 4.79 Å². The summed E-state index contributed by atoms with van der Waals surface area (Å²) in [6, 6.07) is 0. The fraction of sp³-hybridized carbons (Fsp3) is 0.900. The molecule has 1 heterocycles. The lowest BCUT2D eigenvalue weighted by atomic mass is 10.00. The molecule has 1 saturated heterocycles. The molecular formula is C10H20N2OS. The number of nitrogens with one attached hydrogen (secondary N) is 2. The van der Waals surface area contributed by atoms with Gasteiger partial charge in [0.25, 0.3) is 0 Å². The van der Waals surface area contributed by atoms with Crippen molar-refractivity contribution in [3.8, 4) is 0 Å². The molecule has 0 spiro atoms. The first-order chi connectivity index (χ1) is 6.83. The lowest BCUT2D eigenvalue weighted by Gasteiger charge is -2.22. The summed E-state index contributed by atoms with van der Waals surface area (Å²) in [6.45, 7) is 5.11. The molecule has 2 N–H and O–H groups in total. The topological polar surface area (TPSA) is 41.1 Å². The molecule has 3 nitrogen and oxygen atoms in total. The number of rotatable bonds is 5. The van der Waals surface area contributed by atoms with Gasteiger partial charge in [-0.15, -0.1) is 0 Å². The zero-order valence-corrected chi connectivity index (χ0v) is 9.66. The molecule has 1 unspecified atom stereocenters. The molecule has 1 fully saturated rings. The number of carbonyl (C=O) groups is 1. The molecule has 4 heteroatoms. The van der Waals surface area contributed by atoms with E-state index >= 15 is 0 Å². The van der Waals surface area contributed by atoms with Crippen LogP contribution >= 0.6 is 11.8 Å². The molecule has 0 aromatic heterocycles. The van der Waals surface area contributed by atoms with Crippen LogP contribution in [-0.4, -0.2) is 37.0 Å². The monoisotopic (exact) mass is 216 g/mol. The molecule has 1 aliphatic rings. The predicted molar refractivity (Wildman–Crippen MR) is 61.6 cm³/mol. The van der Waals surface area contributed by atoms with Crippen molar-refractivity contribution in [2.75, 3.05) is 31.1 Å². The second-order valence-electron chi connectivity index (χ2n) is 3.65. The number of thioether (sulfide) groups is 1. The molecule has 0 aromatic carbocycles. The highest BCUT2D eigenvalue weighted by atomic mass is 32.2. The van der Waals surface area contributed by atoms with Crippen molar-refractivity contribution < 1.29 is 4.79 Å². The molecule has 0 radical (unpaired) electrons. The van der Waals surface area contributed by atoms with Gasteiger partial charge in [0, 0.05) is 6.54 Å². The van der Waals surface area contributed by atoms with E-state index < -0.39 is 0 Å². The second-order valence-corrected chi connectivity index (χ2v) is 4.93. The number of hydrogen-bond donors (Lipinski definition) is 2. The molecule has 14 heavy (non-hydrogen) atoms. The van der Waals surface area contributed by atoms with Crippen LogP contribution in [0.3, 0.4) is 0 Å². The van der Waals surface area contributed by atoms with Gasteiger partial charge in [-0.25, -0.2) is 0 Å². The van der Waals surface area contributed by atoms with Crippen LogP contribution < -0.4 is 10.6 Å². The molecule has 1 rings (SSSR count). The van der Waals surface area contributed by atoms with Crippen molar-refractivity contribution in [2.24, 2.45) is 5.92 Å². The van der Waals surface area contributed by atoms with Crippen molar-refractivity contribution in [1.29, 1.82) is 0 Å². The third kappa shape index (κ3) is 4.86. The van der Waals surface area contributed by atoms with E-state index in [0.29, 0.717) is 11.7 Å². The van der Waals surface area contributed by atoms with Gasteiger partial charge in [-0.3, -0.25) is 4.79 Å². The minimum atomic E-state index is 0.183. The summed E-state index contributed by atoms with van der Waals surface area (Å²) in [5, 5.41) is 6.33. The number of carbonyl (C=O) groups excluding carboxylic acids is 1. The van der Waals surface area contributed by atoms with Crippen molar-refractivity contribution in [3.63, 3.8) is 0 Å². The SMILES string of the molecule is CCSCC(=O)NCC1CCCNC1. The third-order valence-electron chi connectivity index (χ3n) is 2.42. The predicted octanol–water partition coefficient (Wildman–Crippen LogP) is 0.855. The summed E-state index contributed by atoms with van der Waals surface area (Å²) in [4.78, 5) is 11.3. The maximum Gasteiger partial charge on any atom is 0.230 e. The maximum atomic E-state index is 11.3. The summed E-state index contributed by atoms with van der Waals surface area (Å²) >= 11 is 1.68. The summed E-state index contributed by atoms with van der Waals surface area (Å²) in [6.07, 6.45) is 2.48. The third-order valence-corrected chi connectivity index (χ3v) is 3.30. The van der Waals surface area contributed by atoms with Gasteiger partial charge in [-0.1, -0.05) is 6.92 Å². The zero-order valence-electron chi connectivity index (χ0n) is 8.84. The summed E-state index contributed by atoms with van der Waals surface area (Å²) < 4.78 is 0. The quantitative estimate of drug-likeness (QED) is 0.716. The first-order valence-electron chi connectivity index (χ1n) is 5.38. The van der Waals surface area contributed by atoms with Crippen LogP contribution in [0, 0.1) is 5.92 Å². The molecular weight excluding hydrogens is 196 g/mol. The first-order valence-corrected chi connectivity index (χ1v) is 6.53. The Hall–Kier alpha value is -0.220. The lowest BCUT2D eigenvalue weighted by molar-refractivity contribution is -0.118. The fourth-order valence-corrected chi connectivity index (χ4v) is 2.09. The zero-order chi connectivity index (χ0) is 10.2. The van der Waals surface area contributed by atoms with Crippen molar-refractivity contribution in [1.82, 2.24) is 10.6 Å². The Labute approximate surface area is 90.4 Å². The van der Waals surface area contributed by atoms with E-state index in [1.54, 1.807) is 11.8 Å². The van der Waals surface area contributed by atoms with Gasteiger partial charge in [0.15, 0.2) is 0 Å². The van der Waals surface area contributed by atoms with E-state index in [1.807, 2.05) is 0 Å². The van der Waals surface area contributed by atoms with Gasteiger partial charge >= 0.3 is 0 Å². The highest BCUT2D eigenvalue weighted by Crippen LogP contribution is 2.08. The first kappa shape index (κ1) is 11.9. The summed E-state index contributed by atoms with van der Waals surface area (Å²) in [5.74, 6) is 2.44. The van der Waals surface area contributed by atoms with E-state index in [-0.39, 0.29) is 5.91 Å². The smallest absolute Gasteiger partial charge is 0.230 e. The highest BCUT2D eigenvalue weighted by Gasteiger charge is 2.13. The number of amides is 1. The highest BCUT2D eigenvalue weighted by molar-refractivity contribution is 7.99. The van der Waals surface area contributed by atoms with Crippen molar-refractivity contribution in [3.05, 3.63) is 0 Å². The molecule has 0 bridgehead atoms. The van der Waals surface area contributed by atoms with Gasteiger partial charge in [0.05, 0.1) is 5.75 Å². The molecule has 0 aliphatic carbocycles. The maximum absolute atomic E-state index is 11.3. The molecule has 1 aliphatic heterocycles. The molecule has 0 saturated carbocycles. The Morgan fingerprint density at radius 1 is 1.64 bits per heavy atom. The van der Waals surface area contributed by atoms with Crippen LogP contribution in [0.1, 0.15) is 19.8 Å². The summed E-state index contributed by atoms with van der Waals surface area (Å²) in [5.41, 5.74) is 0. The average molecular weight is 216 g/mol. The van der Waals surface area contributed by atoms with Gasteiger partial charge in [-0.2, -0.15) is 11.8 Å². The van der Waals surface area contributed by atoms with E-state index in [2.05, 4.69) is 17.6 Å². The number of hydrogen-bond acceptors (Lipinski definition) is 3. The largest absolute Gasteiger partial charge is 0.355 e. The van der Waals surface area contributed by atoms with Crippen LogP contribution in [0.2, 0.25) is 0 Å². The van der Waals surface area contributed by atoms with Crippen LogP contribution in [0.25, 0.3) is 0 Å². The van der Waals surface area contributed by atoms with Gasteiger partial charge in [0.1, 0.15) is 0 Å². The van der Waals surface area contributed by atoms with Crippen molar-refractivity contribution in [2.45, 2.75) is 19.8 Å². The van der Waals surface area contributed by atoms with Crippen LogP contribution in [0.15, 0.2) is 0 Å². The summed E-state index contributed by atoms with van der Waals surface area (Å²) in [7, 11) is 0. The Balaban J connectivity index is 2.03. The molecule has 1 amide bonds. The van der Waals surface area contributed by atoms with Crippen LogP contribution in [-0.2, 0) is 4.79 Å². The Bertz CT molecular complexity index is 170. The Kier molecular flexibility index (Phi) is 6.03. The molecule has 1 atom stereocenters.